The lowest BCUT2D eigenvalue weighted by Gasteiger charge is -2.39. The van der Waals surface area contributed by atoms with Gasteiger partial charge in [0, 0.05) is 28.1 Å². The third-order valence-electron chi connectivity index (χ3n) is 4.30. The summed E-state index contributed by atoms with van der Waals surface area (Å²) in [4.78, 5) is 4.81. The maximum atomic E-state index is 6.14. The zero-order chi connectivity index (χ0) is 14.7. The first kappa shape index (κ1) is 16.2. The van der Waals surface area contributed by atoms with Gasteiger partial charge < -0.3 is 10.6 Å². The molecule has 2 N–H and O–H groups in total. The van der Waals surface area contributed by atoms with Crippen molar-refractivity contribution in [1.82, 2.24) is 9.80 Å². The number of piperidine rings is 1. The number of hydrogen-bond acceptors (Lipinski definition) is 3. The minimum atomic E-state index is 0.205. The molecule has 1 aliphatic heterocycles. The van der Waals surface area contributed by atoms with Crippen LogP contribution in [0.25, 0.3) is 0 Å². The van der Waals surface area contributed by atoms with E-state index in [9.17, 15) is 0 Å². The van der Waals surface area contributed by atoms with E-state index in [0.29, 0.717) is 12.6 Å². The van der Waals surface area contributed by atoms with Gasteiger partial charge in [0.2, 0.25) is 0 Å². The van der Waals surface area contributed by atoms with Gasteiger partial charge in [-0.1, -0.05) is 27.5 Å². The maximum Gasteiger partial charge on any atom is 0.0482 e. The molecule has 20 heavy (non-hydrogen) atoms. The molecule has 1 atom stereocenters. The zero-order valence-corrected chi connectivity index (χ0v) is 14.5. The summed E-state index contributed by atoms with van der Waals surface area (Å²) in [5.74, 6) is 0. The van der Waals surface area contributed by atoms with Gasteiger partial charge in [0.1, 0.15) is 0 Å². The Bertz CT molecular complexity index is 447. The molecule has 1 aromatic carbocycles. The lowest BCUT2D eigenvalue weighted by molar-refractivity contribution is 0.109. The van der Waals surface area contributed by atoms with Crippen LogP contribution >= 0.6 is 27.5 Å². The molecule has 0 radical (unpaired) electrons. The molecule has 0 saturated carbocycles. The first-order valence-electron chi connectivity index (χ1n) is 7.08. The normalized spacial score (nSPS) is 19.5. The van der Waals surface area contributed by atoms with Crippen molar-refractivity contribution >= 4 is 27.5 Å². The van der Waals surface area contributed by atoms with E-state index >= 15 is 0 Å². The van der Waals surface area contributed by atoms with Crippen molar-refractivity contribution in [2.24, 2.45) is 5.73 Å². The van der Waals surface area contributed by atoms with Crippen LogP contribution in [0.15, 0.2) is 22.7 Å². The van der Waals surface area contributed by atoms with Gasteiger partial charge in [-0.2, -0.15) is 0 Å². The largest absolute Gasteiger partial charge is 0.329 e. The average Bonchev–Trinajstić information content (AvgIpc) is 2.44. The first-order valence-corrected chi connectivity index (χ1v) is 8.25. The van der Waals surface area contributed by atoms with Gasteiger partial charge in [-0.3, -0.25) is 4.90 Å². The van der Waals surface area contributed by atoms with Crippen molar-refractivity contribution in [2.75, 3.05) is 33.7 Å². The number of nitrogens with zero attached hydrogens (tertiary/aromatic N) is 2. The minimum absolute atomic E-state index is 0.205. The molecule has 0 aliphatic carbocycles. The van der Waals surface area contributed by atoms with Gasteiger partial charge in [-0.15, -0.1) is 0 Å². The fraction of sp³-hybridized carbons (Fsp3) is 0.600. The van der Waals surface area contributed by atoms with E-state index in [-0.39, 0.29) is 6.04 Å². The van der Waals surface area contributed by atoms with Crippen LogP contribution in [0, 0.1) is 0 Å². The van der Waals surface area contributed by atoms with Gasteiger partial charge in [-0.05, 0) is 63.8 Å². The molecule has 1 aromatic rings. The summed E-state index contributed by atoms with van der Waals surface area (Å²) in [5.41, 5.74) is 7.22. The molecule has 1 heterocycles. The number of halogens is 2. The summed E-state index contributed by atoms with van der Waals surface area (Å²) in [7, 11) is 4.37. The van der Waals surface area contributed by atoms with Crippen LogP contribution < -0.4 is 5.73 Å². The second kappa shape index (κ2) is 7.23. The number of likely N-dealkylation sites (tertiary alicyclic amines) is 1. The van der Waals surface area contributed by atoms with Crippen molar-refractivity contribution in [2.45, 2.75) is 24.9 Å². The fourth-order valence-corrected chi connectivity index (χ4v) is 3.63. The molecular weight excluding hydrogens is 338 g/mol. The predicted molar refractivity (Wildman–Crippen MR) is 89.2 cm³/mol. The highest BCUT2D eigenvalue weighted by molar-refractivity contribution is 9.10. The number of benzene rings is 1. The molecule has 3 nitrogen and oxygen atoms in total. The minimum Gasteiger partial charge on any atom is -0.329 e. The molecular formula is C15H23BrClN3. The summed E-state index contributed by atoms with van der Waals surface area (Å²) >= 11 is 9.77. The van der Waals surface area contributed by atoms with Gasteiger partial charge in [0.15, 0.2) is 0 Å². The molecule has 1 fully saturated rings. The Kier molecular flexibility index (Phi) is 5.87. The molecule has 1 aliphatic rings. The monoisotopic (exact) mass is 359 g/mol. The number of likely N-dealkylation sites (N-methyl/N-ethyl adjacent to an activating group) is 1. The van der Waals surface area contributed by atoms with Gasteiger partial charge in [0.25, 0.3) is 0 Å². The van der Waals surface area contributed by atoms with E-state index in [2.05, 4.69) is 39.8 Å². The third-order valence-corrected chi connectivity index (χ3v) is 5.25. The Hall–Kier alpha value is -0.130. The Balaban J connectivity index is 2.16. The SMILES string of the molecule is CN1CCC(N(C)C(CN)c2cc(Cl)ccc2Br)CC1. The van der Waals surface area contributed by atoms with E-state index < -0.39 is 0 Å². The summed E-state index contributed by atoms with van der Waals surface area (Å²) in [5, 5.41) is 0.762. The number of hydrogen-bond donors (Lipinski definition) is 1. The van der Waals surface area contributed by atoms with Crippen molar-refractivity contribution < 1.29 is 0 Å². The van der Waals surface area contributed by atoms with Crippen molar-refractivity contribution in [3.05, 3.63) is 33.3 Å². The highest BCUT2D eigenvalue weighted by Crippen LogP contribution is 2.31. The molecule has 5 heteroatoms. The molecule has 0 bridgehead atoms. The van der Waals surface area contributed by atoms with Crippen LogP contribution in [-0.4, -0.2) is 49.6 Å². The van der Waals surface area contributed by atoms with Crippen molar-refractivity contribution in [3.8, 4) is 0 Å². The summed E-state index contributed by atoms with van der Waals surface area (Å²) in [6.45, 7) is 2.91. The van der Waals surface area contributed by atoms with Gasteiger partial charge in [0.05, 0.1) is 0 Å². The van der Waals surface area contributed by atoms with Crippen molar-refractivity contribution in [1.29, 1.82) is 0 Å². The second-order valence-corrected chi connectivity index (χ2v) is 6.91. The smallest absolute Gasteiger partial charge is 0.0482 e. The Morgan fingerprint density at radius 1 is 1.45 bits per heavy atom. The topological polar surface area (TPSA) is 32.5 Å². The number of nitrogens with two attached hydrogens (primary N) is 1. The lowest BCUT2D eigenvalue weighted by Crippen LogP contribution is -2.45. The molecule has 0 spiro atoms. The van der Waals surface area contributed by atoms with Gasteiger partial charge in [-0.25, -0.2) is 0 Å². The molecule has 0 aromatic heterocycles. The van der Waals surface area contributed by atoms with Gasteiger partial charge >= 0.3 is 0 Å². The molecule has 1 saturated heterocycles. The summed E-state index contributed by atoms with van der Waals surface area (Å²) in [6.07, 6.45) is 2.39. The molecule has 1 unspecified atom stereocenters. The van der Waals surface area contributed by atoms with Crippen LogP contribution in [0.5, 0.6) is 0 Å². The summed E-state index contributed by atoms with van der Waals surface area (Å²) < 4.78 is 1.08. The lowest BCUT2D eigenvalue weighted by atomic mass is 9.98. The highest BCUT2D eigenvalue weighted by Gasteiger charge is 2.27. The van der Waals surface area contributed by atoms with E-state index in [1.165, 1.54) is 18.4 Å². The van der Waals surface area contributed by atoms with E-state index in [0.717, 1.165) is 22.6 Å². The Morgan fingerprint density at radius 2 is 2.10 bits per heavy atom. The summed E-state index contributed by atoms with van der Waals surface area (Å²) in [6, 6.07) is 6.72. The van der Waals surface area contributed by atoms with E-state index in [1.807, 2.05) is 18.2 Å². The maximum absolute atomic E-state index is 6.14. The third kappa shape index (κ3) is 3.74. The first-order chi connectivity index (χ1) is 9.52. The van der Waals surface area contributed by atoms with Crippen LogP contribution in [0.4, 0.5) is 0 Å². The second-order valence-electron chi connectivity index (χ2n) is 5.62. The molecule has 112 valence electrons. The van der Waals surface area contributed by atoms with E-state index in [1.54, 1.807) is 0 Å². The highest BCUT2D eigenvalue weighted by atomic mass is 79.9. The Labute approximate surface area is 135 Å². The Morgan fingerprint density at radius 3 is 2.70 bits per heavy atom. The van der Waals surface area contributed by atoms with Crippen LogP contribution in [0.3, 0.4) is 0 Å². The zero-order valence-electron chi connectivity index (χ0n) is 12.1. The van der Waals surface area contributed by atoms with Crippen LogP contribution in [0.2, 0.25) is 5.02 Å². The molecule has 0 amide bonds. The van der Waals surface area contributed by atoms with Crippen LogP contribution in [-0.2, 0) is 0 Å². The standard InChI is InChI=1S/C15H23BrClN3/c1-19-7-5-12(6-8-19)20(2)15(10-18)13-9-11(17)3-4-14(13)16/h3-4,9,12,15H,5-8,10,18H2,1-2H3. The number of rotatable bonds is 4. The fourth-order valence-electron chi connectivity index (χ4n) is 2.94. The van der Waals surface area contributed by atoms with Crippen LogP contribution in [0.1, 0.15) is 24.4 Å². The average molecular weight is 361 g/mol. The predicted octanol–water partition coefficient (Wildman–Crippen LogP) is 3.13. The van der Waals surface area contributed by atoms with Crippen molar-refractivity contribution in [3.63, 3.8) is 0 Å². The molecule has 2 rings (SSSR count). The quantitative estimate of drug-likeness (QED) is 0.895. The van der Waals surface area contributed by atoms with E-state index in [4.69, 9.17) is 17.3 Å².